The molecule has 1 heterocycles. The van der Waals surface area contributed by atoms with E-state index in [2.05, 4.69) is 11.4 Å². The van der Waals surface area contributed by atoms with Crippen LogP contribution in [0.25, 0.3) is 0 Å². The van der Waals surface area contributed by atoms with Gasteiger partial charge >= 0.3 is 0 Å². The van der Waals surface area contributed by atoms with Gasteiger partial charge in [0.1, 0.15) is 0 Å². The molecule has 0 aliphatic carbocycles. The lowest BCUT2D eigenvalue weighted by Crippen LogP contribution is -2.47. The van der Waals surface area contributed by atoms with E-state index in [4.69, 9.17) is 16.7 Å². The zero-order valence-electron chi connectivity index (χ0n) is 14.8. The molecule has 1 aliphatic heterocycles. The van der Waals surface area contributed by atoms with E-state index in [1.807, 2.05) is 47.8 Å². The van der Waals surface area contributed by atoms with Gasteiger partial charge in [-0.3, -0.25) is 4.21 Å². The molecule has 0 bridgehead atoms. The standard InChI is InChI=1S/C19H25ClN2O2S/c1-22-17-8-5-4-7-15(17)19(21-11-6-12-23)16-10-9-14(20)13-18(16)25(22,2,3)24/h4-5,7-10,13,19,21,23H,6,11-12H2,1-3H3. The molecule has 0 aromatic heterocycles. The van der Waals surface area contributed by atoms with Crippen molar-refractivity contribution >= 4 is 26.5 Å². The Bertz CT molecular complexity index is 862. The first-order valence-electron chi connectivity index (χ1n) is 8.33. The average Bonchev–Trinajstić information content (AvgIpc) is 2.63. The SMILES string of the molecule is CN1c2ccccc2C(NCCCO)c2ccc(Cl)cc2S1(C)(C)=O. The van der Waals surface area contributed by atoms with Gasteiger partial charge in [0.25, 0.3) is 0 Å². The van der Waals surface area contributed by atoms with Gasteiger partial charge in [-0.15, -0.1) is 0 Å². The van der Waals surface area contributed by atoms with Crippen molar-refractivity contribution in [2.45, 2.75) is 17.4 Å². The highest BCUT2D eigenvalue weighted by Gasteiger charge is 2.41. The van der Waals surface area contributed by atoms with E-state index in [1.54, 1.807) is 12.5 Å². The summed E-state index contributed by atoms with van der Waals surface area (Å²) >= 11 is 6.26. The quantitative estimate of drug-likeness (QED) is 0.801. The van der Waals surface area contributed by atoms with Crippen molar-refractivity contribution in [1.29, 1.82) is 0 Å². The number of fused-ring (bicyclic) bond motifs is 2. The van der Waals surface area contributed by atoms with Gasteiger partial charge in [-0.05, 0) is 51.5 Å². The molecule has 3 rings (SSSR count). The fourth-order valence-corrected chi connectivity index (χ4v) is 6.01. The molecule has 0 saturated heterocycles. The topological polar surface area (TPSA) is 52.6 Å². The molecule has 1 atom stereocenters. The molecular formula is C19H25ClN2O2S. The van der Waals surface area contributed by atoms with Gasteiger partial charge in [0, 0.05) is 36.1 Å². The number of para-hydroxylation sites is 1. The van der Waals surface area contributed by atoms with Crippen LogP contribution in [0.1, 0.15) is 23.6 Å². The Morgan fingerprint density at radius 2 is 1.92 bits per heavy atom. The van der Waals surface area contributed by atoms with Crippen molar-refractivity contribution in [2.24, 2.45) is 0 Å². The highest BCUT2D eigenvalue weighted by atomic mass is 35.5. The van der Waals surface area contributed by atoms with E-state index in [9.17, 15) is 4.21 Å². The third-order valence-electron chi connectivity index (χ3n) is 4.98. The van der Waals surface area contributed by atoms with Gasteiger partial charge < -0.3 is 14.7 Å². The molecule has 0 radical (unpaired) electrons. The Kier molecular flexibility index (Phi) is 4.71. The van der Waals surface area contributed by atoms with Gasteiger partial charge in [0.15, 0.2) is 0 Å². The van der Waals surface area contributed by atoms with Gasteiger partial charge in [-0.25, -0.2) is 0 Å². The molecule has 0 fully saturated rings. The van der Waals surface area contributed by atoms with Crippen LogP contribution in [0.4, 0.5) is 5.69 Å². The van der Waals surface area contributed by atoms with Gasteiger partial charge in [-0.2, -0.15) is 0 Å². The number of halogens is 1. The Morgan fingerprint density at radius 1 is 1.20 bits per heavy atom. The minimum atomic E-state index is -3.32. The summed E-state index contributed by atoms with van der Waals surface area (Å²) in [5.41, 5.74) is 2.99. The first-order chi connectivity index (χ1) is 11.7. The zero-order chi connectivity index (χ0) is 18.3. The van der Waals surface area contributed by atoms with Gasteiger partial charge in [0.2, 0.25) is 0 Å². The van der Waals surface area contributed by atoms with Crippen molar-refractivity contribution in [3.05, 3.63) is 58.6 Å². The van der Waals surface area contributed by atoms with E-state index in [1.165, 1.54) is 0 Å². The fraction of sp³-hybridized carbons (Fsp3) is 0.368. The summed E-state index contributed by atoms with van der Waals surface area (Å²) in [5.74, 6) is 0. The number of hydrogen-bond donors (Lipinski definition) is 2. The number of hydrogen-bond acceptors (Lipinski definition) is 3. The molecule has 1 unspecified atom stereocenters. The molecule has 2 aromatic carbocycles. The number of benzene rings is 2. The van der Waals surface area contributed by atoms with Gasteiger partial charge in [-0.1, -0.05) is 35.9 Å². The summed E-state index contributed by atoms with van der Waals surface area (Å²) in [7, 11) is -1.44. The number of aliphatic hydroxyl groups is 1. The first kappa shape index (κ1) is 18.4. The van der Waals surface area contributed by atoms with E-state index in [0.717, 1.165) is 21.7 Å². The summed E-state index contributed by atoms with van der Waals surface area (Å²) in [6.45, 7) is 0.803. The monoisotopic (exact) mass is 380 g/mol. The molecule has 0 amide bonds. The largest absolute Gasteiger partial charge is 0.396 e. The van der Waals surface area contributed by atoms with Crippen molar-refractivity contribution < 1.29 is 9.32 Å². The normalized spacial score (nSPS) is 22.2. The smallest absolute Gasteiger partial charge is 0.0609 e. The maximum Gasteiger partial charge on any atom is 0.0609 e. The molecule has 4 nitrogen and oxygen atoms in total. The van der Waals surface area contributed by atoms with Crippen LogP contribution < -0.4 is 9.62 Å². The number of aliphatic hydroxyl groups excluding tert-OH is 1. The van der Waals surface area contributed by atoms with Crippen LogP contribution in [0.3, 0.4) is 0 Å². The highest BCUT2D eigenvalue weighted by Crippen LogP contribution is 2.48. The van der Waals surface area contributed by atoms with Crippen molar-refractivity contribution in [3.63, 3.8) is 0 Å². The second-order valence-electron chi connectivity index (χ2n) is 6.97. The number of anilines is 1. The number of rotatable bonds is 4. The third-order valence-corrected chi connectivity index (χ3v) is 8.62. The summed E-state index contributed by atoms with van der Waals surface area (Å²) in [6.07, 6.45) is 4.27. The van der Waals surface area contributed by atoms with Gasteiger partial charge in [0.05, 0.1) is 11.7 Å². The summed E-state index contributed by atoms with van der Waals surface area (Å²) in [4.78, 5) is 0.768. The third kappa shape index (κ3) is 3.10. The molecular weight excluding hydrogens is 356 g/mol. The minimum Gasteiger partial charge on any atom is -0.396 e. The molecule has 1 aliphatic rings. The Labute approximate surface area is 154 Å². The van der Waals surface area contributed by atoms with E-state index in [-0.39, 0.29) is 12.6 Å². The lowest BCUT2D eigenvalue weighted by Gasteiger charge is -2.44. The summed E-state index contributed by atoms with van der Waals surface area (Å²) < 4.78 is 16.1. The van der Waals surface area contributed by atoms with Crippen LogP contribution in [-0.4, -0.2) is 42.0 Å². The molecule has 25 heavy (non-hydrogen) atoms. The Hall–Kier alpha value is -1.40. The van der Waals surface area contributed by atoms with Crippen LogP contribution in [0, 0.1) is 0 Å². The fourth-order valence-electron chi connectivity index (χ4n) is 3.42. The highest BCUT2D eigenvalue weighted by molar-refractivity contribution is 8.20. The number of nitrogens with zero attached hydrogens (tertiary/aromatic N) is 1. The Balaban J connectivity index is 2.29. The van der Waals surface area contributed by atoms with Crippen molar-refractivity contribution in [1.82, 2.24) is 5.32 Å². The zero-order valence-corrected chi connectivity index (χ0v) is 16.4. The van der Waals surface area contributed by atoms with Crippen LogP contribution in [0.15, 0.2) is 47.4 Å². The van der Waals surface area contributed by atoms with Crippen molar-refractivity contribution in [2.75, 3.05) is 37.0 Å². The van der Waals surface area contributed by atoms with E-state index >= 15 is 0 Å². The first-order valence-corrected chi connectivity index (χ1v) is 11.4. The lowest BCUT2D eigenvalue weighted by molar-refractivity contribution is 0.284. The molecule has 2 aromatic rings. The summed E-state index contributed by atoms with van der Waals surface area (Å²) in [5, 5.41) is 13.2. The second kappa shape index (κ2) is 6.40. The molecule has 2 N–H and O–H groups in total. The maximum absolute atomic E-state index is 14.2. The maximum atomic E-state index is 14.2. The van der Waals surface area contributed by atoms with E-state index in [0.29, 0.717) is 18.0 Å². The van der Waals surface area contributed by atoms with Crippen LogP contribution >= 0.6 is 11.6 Å². The predicted octanol–water partition coefficient (Wildman–Crippen LogP) is 3.20. The van der Waals surface area contributed by atoms with Crippen LogP contribution in [-0.2, 0) is 9.25 Å². The van der Waals surface area contributed by atoms with Crippen LogP contribution in [0.5, 0.6) is 0 Å². The number of nitrogens with one attached hydrogen (secondary N) is 1. The van der Waals surface area contributed by atoms with Crippen molar-refractivity contribution in [3.8, 4) is 0 Å². The lowest BCUT2D eigenvalue weighted by atomic mass is 9.97. The van der Waals surface area contributed by atoms with E-state index < -0.39 is 9.25 Å². The predicted molar refractivity (Wildman–Crippen MR) is 106 cm³/mol. The summed E-state index contributed by atoms with van der Waals surface area (Å²) in [6, 6.07) is 13.6. The Morgan fingerprint density at radius 3 is 2.64 bits per heavy atom. The molecule has 136 valence electrons. The minimum absolute atomic E-state index is 0.107. The molecule has 0 spiro atoms. The molecule has 6 heteroatoms. The second-order valence-corrected chi connectivity index (χ2v) is 11.9. The van der Waals surface area contributed by atoms with Crippen LogP contribution in [0.2, 0.25) is 5.02 Å². The average molecular weight is 381 g/mol. The molecule has 0 saturated carbocycles.